The highest BCUT2D eigenvalue weighted by molar-refractivity contribution is 5.76. The summed E-state index contributed by atoms with van der Waals surface area (Å²) in [6.45, 7) is 21.6. The number of unbranched alkanes of at least 4 members (excludes halogenated alkanes) is 30. The van der Waals surface area contributed by atoms with Crippen molar-refractivity contribution in [3.8, 4) is 0 Å². The zero-order valence-electron chi connectivity index (χ0n) is 69.1. The largest absolute Gasteiger partial charge is 0.481 e. The van der Waals surface area contributed by atoms with E-state index in [0.717, 1.165) is 179 Å². The maximum Gasteiger partial charge on any atom is 0.300 e. The highest BCUT2D eigenvalue weighted by Crippen LogP contribution is 2.09. The van der Waals surface area contributed by atoms with Crippen LogP contribution in [0.1, 0.15) is 293 Å². The molecule has 0 spiro atoms. The molecule has 0 amide bonds. The Balaban J connectivity index is -0.000000108. The molecule has 0 aliphatic carbocycles. The number of carbonyl (C=O) groups is 9. The van der Waals surface area contributed by atoms with E-state index in [1.54, 1.807) is 0 Å². The Morgan fingerprint density at radius 3 is 0.306 bits per heavy atom. The molecule has 0 heterocycles. The molecule has 0 fully saturated rings. The van der Waals surface area contributed by atoms with Crippen LogP contribution in [-0.4, -0.2) is 214 Å². The fourth-order valence-electron chi connectivity index (χ4n) is 8.21. The highest BCUT2D eigenvalue weighted by atomic mass is 16.4. The molecule has 0 saturated heterocycles. The molecule has 0 aliphatic heterocycles. The van der Waals surface area contributed by atoms with Crippen LogP contribution >= 0.6 is 0 Å². The van der Waals surface area contributed by atoms with Crippen molar-refractivity contribution >= 4 is 89.5 Å². The molecule has 0 aliphatic rings. The number of rotatable bonds is 54. The van der Waals surface area contributed by atoms with Crippen molar-refractivity contribution in [1.29, 1.82) is 32.5 Å². The minimum atomic E-state index is -0.833. The second kappa shape index (κ2) is 117. The minimum Gasteiger partial charge on any atom is -0.481 e. The van der Waals surface area contributed by atoms with Gasteiger partial charge in [0.25, 0.3) is 53.7 Å². The number of guanidine groups is 6. The van der Waals surface area contributed by atoms with E-state index in [0.29, 0.717) is 0 Å². The van der Waals surface area contributed by atoms with E-state index in [1.165, 1.54) is 193 Å². The van der Waals surface area contributed by atoms with Gasteiger partial charge in [0.2, 0.25) is 0 Å². The Morgan fingerprint density at radius 2 is 0.234 bits per heavy atom. The van der Waals surface area contributed by atoms with E-state index in [9.17, 15) is 0 Å². The van der Waals surface area contributed by atoms with Gasteiger partial charge in [-0.15, -0.1) is 0 Å². The van der Waals surface area contributed by atoms with Crippen molar-refractivity contribution in [1.82, 2.24) is 47.9 Å². The summed E-state index contributed by atoms with van der Waals surface area (Å²) >= 11 is 0. The van der Waals surface area contributed by atoms with Gasteiger partial charge in [-0.1, -0.05) is 154 Å². The molecule has 0 atom stereocenters. The SMILES string of the molecule is CC(=O)O.CC(=O)O.CC(=O)O.CC(=O)O.CC(=O)O.CC(=O)O.CC(=O)O.CC(=O)O.CC(=O)O.N=C(N)NCCCCCCCCNCCCCCCCCNC(=N)N.N=C(N)NCCCCCCCCNCCCCCCCCNC(=N)N.N=C(N)NCCCCCCCCNCCCCCCCCNC(=N)N. The predicted octanol–water partition coefficient (Wildman–Crippen LogP) is 7.49. The molecular weight excluding hydrogens is 1450 g/mol. The van der Waals surface area contributed by atoms with Crippen molar-refractivity contribution < 1.29 is 89.1 Å². The molecule has 0 unspecified atom stereocenters. The van der Waals surface area contributed by atoms with Crippen LogP contribution in [0.2, 0.25) is 0 Å². The van der Waals surface area contributed by atoms with Crippen LogP contribution in [0.5, 0.6) is 0 Å². The van der Waals surface area contributed by atoms with Gasteiger partial charge in [-0.25, -0.2) is 0 Å². The number of hydrogen-bond donors (Lipinski definition) is 30. The average molecular weight is 1610 g/mol. The third-order valence-corrected chi connectivity index (χ3v) is 12.6. The van der Waals surface area contributed by atoms with Crippen LogP contribution in [-0.2, 0) is 43.2 Å². The summed E-state index contributed by atoms with van der Waals surface area (Å²) in [4.78, 5) is 81.0. The Labute approximate surface area is 662 Å². The van der Waals surface area contributed by atoms with Crippen LogP contribution in [0.4, 0.5) is 0 Å². The van der Waals surface area contributed by atoms with Crippen molar-refractivity contribution in [2.24, 2.45) is 34.4 Å². The van der Waals surface area contributed by atoms with Gasteiger partial charge in [0, 0.05) is 102 Å². The molecule has 36 N–H and O–H groups in total. The van der Waals surface area contributed by atoms with Gasteiger partial charge in [-0.05, 0) is 116 Å². The van der Waals surface area contributed by atoms with Crippen molar-refractivity contribution in [2.75, 3.05) is 78.5 Å². The third-order valence-electron chi connectivity index (χ3n) is 12.6. The Morgan fingerprint density at radius 1 is 0.171 bits per heavy atom. The minimum absolute atomic E-state index is 0.0769. The van der Waals surface area contributed by atoms with E-state index in [1.807, 2.05) is 0 Å². The molecule has 0 bridgehead atoms. The Bertz CT molecular complexity index is 1750. The van der Waals surface area contributed by atoms with E-state index >= 15 is 0 Å². The summed E-state index contributed by atoms with van der Waals surface area (Å²) in [5.41, 5.74) is 31.4. The van der Waals surface area contributed by atoms with Crippen molar-refractivity contribution in [3.05, 3.63) is 0 Å². The van der Waals surface area contributed by atoms with Crippen LogP contribution in [0, 0.1) is 32.5 Å². The molecule has 0 aromatic carbocycles. The van der Waals surface area contributed by atoms with Gasteiger partial charge in [0.15, 0.2) is 35.8 Å². The van der Waals surface area contributed by atoms with Crippen LogP contribution < -0.4 is 82.3 Å². The zero-order valence-corrected chi connectivity index (χ0v) is 69.1. The smallest absolute Gasteiger partial charge is 0.300 e. The van der Waals surface area contributed by atoms with Gasteiger partial charge < -0.3 is 128 Å². The van der Waals surface area contributed by atoms with Crippen molar-refractivity contribution in [2.45, 2.75) is 293 Å². The number of aliphatic carboxylic acids is 9. The number of carboxylic acid groups (broad SMARTS) is 9. The summed E-state index contributed by atoms with van der Waals surface area (Å²) in [5.74, 6) is -7.04. The van der Waals surface area contributed by atoms with E-state index in [-0.39, 0.29) is 35.8 Å². The van der Waals surface area contributed by atoms with Gasteiger partial charge in [0.05, 0.1) is 0 Å². The fourth-order valence-corrected chi connectivity index (χ4v) is 8.21. The van der Waals surface area contributed by atoms with Crippen LogP contribution in [0.25, 0.3) is 0 Å². The van der Waals surface area contributed by atoms with E-state index in [4.69, 9.17) is 156 Å². The fraction of sp³-hybridized carbons (Fsp3) is 0.792. The summed E-state index contributed by atoms with van der Waals surface area (Å²) in [6.07, 6.45) is 44.9. The Kier molecular flexibility index (Phi) is 135. The second-order valence-electron chi connectivity index (χ2n) is 24.7. The third kappa shape index (κ3) is 305. The number of carboxylic acids is 9. The first-order valence-electron chi connectivity index (χ1n) is 38.3. The van der Waals surface area contributed by atoms with E-state index < -0.39 is 53.7 Å². The number of hydrogen-bond acceptors (Lipinski definition) is 18. The molecular formula is C72H159N21O18. The van der Waals surface area contributed by atoms with Crippen LogP contribution in [0.3, 0.4) is 0 Å². The van der Waals surface area contributed by atoms with Gasteiger partial charge in [-0.2, -0.15) is 0 Å². The molecule has 0 rings (SSSR count). The average Bonchev–Trinajstić information content (AvgIpc) is 1.35. The summed E-state index contributed by atoms with van der Waals surface area (Å²) in [6, 6.07) is 0. The standard InChI is InChI=1S/3C18H41N7.9C2H4O2/c3*19-17(20)24-15-11-7-3-1-5-9-13-23-14-10-6-2-4-8-12-16-25-18(21)22;9*1-2(3)4/h3*23H,1-16H2,(H4,19,20,24)(H4,21,22,25);9*1H3,(H,3,4). The first-order valence-corrected chi connectivity index (χ1v) is 38.3. The summed E-state index contributed by atoms with van der Waals surface area (Å²) in [7, 11) is 0. The molecule has 39 heteroatoms. The molecule has 0 radical (unpaired) electrons. The second-order valence-corrected chi connectivity index (χ2v) is 24.7. The maximum atomic E-state index is 9.00. The molecule has 0 aromatic heterocycles. The zero-order chi connectivity index (χ0) is 88.0. The number of nitrogens with one attached hydrogen (secondary N) is 15. The molecule has 0 saturated carbocycles. The van der Waals surface area contributed by atoms with Gasteiger partial charge in [0.1, 0.15) is 0 Å². The van der Waals surface area contributed by atoms with Crippen LogP contribution in [0.15, 0.2) is 0 Å². The van der Waals surface area contributed by atoms with Gasteiger partial charge in [-0.3, -0.25) is 75.6 Å². The lowest BCUT2D eigenvalue weighted by atomic mass is 10.1. The lowest BCUT2D eigenvalue weighted by Crippen LogP contribution is -2.30. The normalized spacial score (nSPS) is 9.16. The highest BCUT2D eigenvalue weighted by Gasteiger charge is 2.00. The first kappa shape index (κ1) is 128. The lowest BCUT2D eigenvalue weighted by Gasteiger charge is -2.06. The Hall–Kier alpha value is -9.27. The monoisotopic (exact) mass is 1610 g/mol. The summed E-state index contributed by atoms with van der Waals surface area (Å²) in [5, 5.41) is 137. The topological polar surface area (TPSA) is 743 Å². The quantitative estimate of drug-likeness (QED) is 0.0159. The van der Waals surface area contributed by atoms with Gasteiger partial charge >= 0.3 is 0 Å². The predicted molar refractivity (Wildman–Crippen MR) is 444 cm³/mol. The lowest BCUT2D eigenvalue weighted by molar-refractivity contribution is -0.135. The maximum absolute atomic E-state index is 9.00. The molecule has 660 valence electrons. The molecule has 111 heavy (non-hydrogen) atoms. The number of nitrogens with two attached hydrogens (primary N) is 6. The summed E-state index contributed by atoms with van der Waals surface area (Å²) < 4.78 is 0. The van der Waals surface area contributed by atoms with E-state index in [2.05, 4.69) is 47.9 Å². The molecule has 39 nitrogen and oxygen atoms in total. The van der Waals surface area contributed by atoms with Crippen molar-refractivity contribution in [3.63, 3.8) is 0 Å². The first-order chi connectivity index (χ1) is 52.0. The molecule has 0 aromatic rings.